The molecule has 0 bridgehead atoms. The molecule has 4 nitrogen and oxygen atoms in total. The Morgan fingerprint density at radius 3 is 1.34 bits per heavy atom. The van der Waals surface area contributed by atoms with Crippen LogP contribution >= 0.6 is 0 Å². The third-order valence-electron chi connectivity index (χ3n) is 12.7. The van der Waals surface area contributed by atoms with Crippen LogP contribution in [0.4, 0.5) is 18.9 Å². The van der Waals surface area contributed by atoms with Crippen LogP contribution in [-0.4, -0.2) is 9.13 Å². The zero-order valence-corrected chi connectivity index (χ0v) is 36.2. The summed E-state index contributed by atoms with van der Waals surface area (Å²) in [5, 5.41) is 14.5. The van der Waals surface area contributed by atoms with Crippen LogP contribution in [0.15, 0.2) is 140 Å². The molecular weight excluding hydrogens is 798 g/mol. The predicted molar refractivity (Wildman–Crippen MR) is 256 cm³/mol. The summed E-state index contributed by atoms with van der Waals surface area (Å²) in [5.41, 5.74) is 13.6. The monoisotopic (exact) mass is 838 g/mol. The minimum Gasteiger partial charge on any atom is -0.309 e. The number of rotatable bonds is 5. The van der Waals surface area contributed by atoms with E-state index in [2.05, 4.69) is 113 Å². The summed E-state index contributed by atoms with van der Waals surface area (Å²) in [7, 11) is 0. The van der Waals surface area contributed by atoms with Crippen molar-refractivity contribution in [1.29, 1.82) is 5.26 Å². The van der Waals surface area contributed by atoms with Crippen LogP contribution in [-0.2, 0) is 6.18 Å². The van der Waals surface area contributed by atoms with Crippen molar-refractivity contribution in [1.82, 2.24) is 9.13 Å². The van der Waals surface area contributed by atoms with E-state index in [-0.39, 0.29) is 22.4 Å². The summed E-state index contributed by atoms with van der Waals surface area (Å²) >= 11 is 0. The van der Waals surface area contributed by atoms with Gasteiger partial charge in [0.25, 0.3) is 0 Å². The van der Waals surface area contributed by atoms with Crippen molar-refractivity contribution in [2.75, 3.05) is 0 Å². The van der Waals surface area contributed by atoms with E-state index in [0.717, 1.165) is 105 Å². The molecule has 0 unspecified atom stereocenters. The van der Waals surface area contributed by atoms with Crippen molar-refractivity contribution >= 4 is 49.3 Å². The smallest absolute Gasteiger partial charge is 0.309 e. The summed E-state index contributed by atoms with van der Waals surface area (Å²) in [6, 6.07) is 46.4. The summed E-state index contributed by atoms with van der Waals surface area (Å²) in [5.74, 6) is 0. The zero-order chi connectivity index (χ0) is 44.8. The Hall–Kier alpha value is -7.87. The molecule has 7 heteroatoms. The molecule has 0 N–H and O–H groups in total. The van der Waals surface area contributed by atoms with Crippen LogP contribution in [0.5, 0.6) is 0 Å². The molecule has 0 radical (unpaired) electrons. The lowest BCUT2D eigenvalue weighted by Crippen LogP contribution is -2.11. The average Bonchev–Trinajstić information content (AvgIpc) is 3.76. The molecule has 0 saturated carbocycles. The normalized spacial score (nSPS) is 11.8. The summed E-state index contributed by atoms with van der Waals surface area (Å²) in [6.45, 7) is 20.9. The van der Waals surface area contributed by atoms with E-state index in [1.165, 1.54) is 12.1 Å². The molecule has 0 amide bonds. The second kappa shape index (κ2) is 14.9. The highest BCUT2D eigenvalue weighted by molar-refractivity contribution is 6.13. The van der Waals surface area contributed by atoms with Crippen molar-refractivity contribution in [2.24, 2.45) is 0 Å². The maximum atomic E-state index is 15.7. The molecule has 0 fully saturated rings. The van der Waals surface area contributed by atoms with Crippen molar-refractivity contribution in [3.05, 3.63) is 195 Å². The molecule has 0 saturated heterocycles. The van der Waals surface area contributed by atoms with Crippen LogP contribution in [0.1, 0.15) is 44.5 Å². The first-order chi connectivity index (χ1) is 30.8. The predicted octanol–water partition coefficient (Wildman–Crippen LogP) is 16.2. The first kappa shape index (κ1) is 40.2. The number of fused-ring (bicyclic) bond motifs is 6. The second-order valence-corrected chi connectivity index (χ2v) is 17.0. The fourth-order valence-electron chi connectivity index (χ4n) is 10.5. The number of benzene rings is 8. The van der Waals surface area contributed by atoms with Gasteiger partial charge >= 0.3 is 6.18 Å². The SMILES string of the molecule is [C-]#[N+]c1cccc(C(F)(F)F)c1-c1c(-n2c3ccccc3c3ccc(-c4c(C)cc(C)cc4C)cc32)cc(C#N)cc1-n1c2ccccc2c2ccc(-c3c(C)cc(C)cc3C)cc21. The van der Waals surface area contributed by atoms with Crippen LogP contribution in [0, 0.1) is 59.4 Å². The molecule has 8 aromatic carbocycles. The number of nitriles is 1. The second-order valence-electron chi connectivity index (χ2n) is 17.0. The van der Waals surface area contributed by atoms with Gasteiger partial charge in [0.15, 0.2) is 5.69 Å². The van der Waals surface area contributed by atoms with Gasteiger partial charge in [-0.15, -0.1) is 0 Å². The molecule has 10 rings (SSSR count). The Bertz CT molecular complexity index is 3450. The lowest BCUT2D eigenvalue weighted by Gasteiger charge is -2.24. The first-order valence-electron chi connectivity index (χ1n) is 21.2. The minimum absolute atomic E-state index is 0.151. The number of alkyl halides is 3. The molecule has 10 aromatic rings. The number of hydrogen-bond acceptors (Lipinski definition) is 1. The van der Waals surface area contributed by atoms with Gasteiger partial charge < -0.3 is 9.13 Å². The largest absolute Gasteiger partial charge is 0.415 e. The van der Waals surface area contributed by atoms with Gasteiger partial charge in [-0.2, -0.15) is 18.4 Å². The van der Waals surface area contributed by atoms with Crippen LogP contribution < -0.4 is 0 Å². The molecule has 310 valence electrons. The topological polar surface area (TPSA) is 38.0 Å². The summed E-state index contributed by atoms with van der Waals surface area (Å²) in [6.07, 6.45) is -4.83. The van der Waals surface area contributed by atoms with E-state index >= 15 is 13.2 Å². The maximum absolute atomic E-state index is 15.7. The van der Waals surface area contributed by atoms with Gasteiger partial charge in [-0.05, 0) is 122 Å². The van der Waals surface area contributed by atoms with Crippen molar-refractivity contribution in [3.8, 4) is 50.8 Å². The first-order valence-corrected chi connectivity index (χ1v) is 21.2. The van der Waals surface area contributed by atoms with Gasteiger partial charge in [-0.25, -0.2) is 4.85 Å². The number of aromatic nitrogens is 2. The van der Waals surface area contributed by atoms with Crippen molar-refractivity contribution in [3.63, 3.8) is 0 Å². The highest BCUT2D eigenvalue weighted by atomic mass is 19.4. The van der Waals surface area contributed by atoms with E-state index in [9.17, 15) is 5.26 Å². The molecular formula is C57H41F3N4. The molecule has 2 heterocycles. The number of hydrogen-bond donors (Lipinski definition) is 0. The average molecular weight is 839 g/mol. The fraction of sp³-hybridized carbons (Fsp3) is 0.123. The molecule has 0 aliphatic heterocycles. The van der Waals surface area contributed by atoms with Gasteiger partial charge in [0.1, 0.15) is 0 Å². The van der Waals surface area contributed by atoms with E-state index in [0.29, 0.717) is 11.4 Å². The minimum atomic E-state index is -4.83. The highest BCUT2D eigenvalue weighted by Gasteiger charge is 2.37. The Labute approximate surface area is 369 Å². The van der Waals surface area contributed by atoms with E-state index in [1.54, 1.807) is 12.1 Å². The van der Waals surface area contributed by atoms with Gasteiger partial charge in [-0.1, -0.05) is 114 Å². The Kier molecular flexibility index (Phi) is 9.36. The quantitative estimate of drug-likeness (QED) is 0.159. The highest BCUT2D eigenvalue weighted by Crippen LogP contribution is 2.50. The van der Waals surface area contributed by atoms with E-state index in [1.807, 2.05) is 57.7 Å². The van der Waals surface area contributed by atoms with Gasteiger partial charge in [0.05, 0.1) is 57.2 Å². The lowest BCUT2D eigenvalue weighted by atomic mass is 9.92. The summed E-state index contributed by atoms with van der Waals surface area (Å²) in [4.78, 5) is 3.78. The Balaban J connectivity index is 1.42. The standard InChI is InChI=1S/C57H41F3N4/c1-32-23-34(3)53(35(4)24-32)39-19-21-43-41-13-8-10-17-47(41)63(49(43)29-39)51-27-38(31-61)28-52(56(51)55-45(57(58,59)60)15-12-16-46(55)62-7)64-48-18-11-9-14-42(48)44-22-20-40(30-50(44)64)54-36(5)25-33(2)26-37(54)6/h8-30H,1-6H3. The van der Waals surface area contributed by atoms with E-state index in [4.69, 9.17) is 6.57 Å². The van der Waals surface area contributed by atoms with Gasteiger partial charge in [0.2, 0.25) is 0 Å². The lowest BCUT2D eigenvalue weighted by molar-refractivity contribution is -0.137. The number of halogens is 3. The third-order valence-corrected chi connectivity index (χ3v) is 12.7. The van der Waals surface area contributed by atoms with Crippen LogP contribution in [0.3, 0.4) is 0 Å². The van der Waals surface area contributed by atoms with Crippen molar-refractivity contribution in [2.45, 2.75) is 47.7 Å². The number of aryl methyl sites for hydroxylation is 6. The van der Waals surface area contributed by atoms with Crippen LogP contribution in [0.25, 0.3) is 93.2 Å². The van der Waals surface area contributed by atoms with Gasteiger partial charge in [0, 0.05) is 32.7 Å². The van der Waals surface area contributed by atoms with Gasteiger partial charge in [-0.3, -0.25) is 0 Å². The van der Waals surface area contributed by atoms with Crippen LogP contribution in [0.2, 0.25) is 0 Å². The molecule has 2 aromatic heterocycles. The maximum Gasteiger partial charge on any atom is 0.415 e. The molecule has 0 aliphatic carbocycles. The Morgan fingerprint density at radius 1 is 0.484 bits per heavy atom. The number of nitrogens with zero attached hydrogens (tertiary/aromatic N) is 4. The van der Waals surface area contributed by atoms with Crippen molar-refractivity contribution < 1.29 is 13.2 Å². The Morgan fingerprint density at radius 2 is 0.922 bits per heavy atom. The number of para-hydroxylation sites is 2. The molecule has 64 heavy (non-hydrogen) atoms. The molecule has 0 atom stereocenters. The fourth-order valence-corrected chi connectivity index (χ4v) is 10.5. The molecule has 0 spiro atoms. The third kappa shape index (κ3) is 6.27. The van der Waals surface area contributed by atoms with E-state index < -0.39 is 11.7 Å². The summed E-state index contributed by atoms with van der Waals surface area (Å²) < 4.78 is 51.0. The zero-order valence-electron chi connectivity index (χ0n) is 36.2. The molecule has 0 aliphatic rings.